The summed E-state index contributed by atoms with van der Waals surface area (Å²) in [5.41, 5.74) is 1.20. The first-order chi connectivity index (χ1) is 10.7. The zero-order chi connectivity index (χ0) is 15.5. The number of hydrogen-bond acceptors (Lipinski definition) is 5. The Balaban J connectivity index is 1.83. The van der Waals surface area contributed by atoms with Gasteiger partial charge in [-0.15, -0.1) is 11.3 Å². The van der Waals surface area contributed by atoms with Gasteiger partial charge in [0.05, 0.1) is 31.0 Å². The van der Waals surface area contributed by atoms with Gasteiger partial charge in [-0.2, -0.15) is 0 Å². The maximum atomic E-state index is 12.4. The highest BCUT2D eigenvalue weighted by molar-refractivity contribution is 7.10. The van der Waals surface area contributed by atoms with E-state index in [1.165, 1.54) is 10.6 Å². The van der Waals surface area contributed by atoms with Crippen LogP contribution in [-0.4, -0.2) is 54.9 Å². The molecule has 2 heterocycles. The van der Waals surface area contributed by atoms with Gasteiger partial charge in [0.2, 0.25) is 5.91 Å². The van der Waals surface area contributed by atoms with E-state index in [1.54, 1.807) is 18.4 Å². The second-order valence-corrected chi connectivity index (χ2v) is 7.05. The molecule has 1 aliphatic heterocycles. The summed E-state index contributed by atoms with van der Waals surface area (Å²) in [6, 6.07) is 2.29. The number of carbonyl (C=O) groups is 1. The van der Waals surface area contributed by atoms with Crippen molar-refractivity contribution in [1.29, 1.82) is 0 Å². The summed E-state index contributed by atoms with van der Waals surface area (Å²) in [5.74, 6) is 0.175. The summed E-state index contributed by atoms with van der Waals surface area (Å²) in [4.78, 5) is 17.8. The average molecular weight is 324 g/mol. The highest BCUT2D eigenvalue weighted by Crippen LogP contribution is 2.35. The smallest absolute Gasteiger partial charge is 0.224 e. The van der Waals surface area contributed by atoms with E-state index in [0.717, 1.165) is 19.3 Å². The lowest BCUT2D eigenvalue weighted by molar-refractivity contribution is -0.132. The van der Waals surface area contributed by atoms with Crippen molar-refractivity contribution in [3.8, 4) is 0 Å². The third-order valence-electron chi connectivity index (χ3n) is 4.69. The number of nitrogens with zero attached hydrogens (tertiary/aromatic N) is 2. The standard InChI is InChI=1S/C16H24N2O3S/c1-21-9-8-17-11-15-13(6-10-22-15)18(7-5-16(17)20)12-3-2-4-14(12)19/h6,10,12,14,19H,2-5,7-9,11H2,1H3/t12-,14-/m1/s1. The van der Waals surface area contributed by atoms with Gasteiger partial charge in [-0.1, -0.05) is 0 Å². The summed E-state index contributed by atoms with van der Waals surface area (Å²) in [6.07, 6.45) is 3.18. The van der Waals surface area contributed by atoms with Crippen molar-refractivity contribution in [2.75, 3.05) is 31.7 Å². The van der Waals surface area contributed by atoms with Gasteiger partial charge in [-0.3, -0.25) is 4.79 Å². The molecular weight excluding hydrogens is 300 g/mol. The minimum atomic E-state index is -0.271. The van der Waals surface area contributed by atoms with Crippen molar-refractivity contribution >= 4 is 22.9 Å². The molecule has 1 aromatic heterocycles. The highest BCUT2D eigenvalue weighted by Gasteiger charge is 2.34. The number of aliphatic hydroxyl groups excluding tert-OH is 1. The molecule has 0 saturated heterocycles. The van der Waals surface area contributed by atoms with Gasteiger partial charge in [-0.25, -0.2) is 0 Å². The van der Waals surface area contributed by atoms with Crippen molar-refractivity contribution in [3.05, 3.63) is 16.3 Å². The molecule has 1 saturated carbocycles. The van der Waals surface area contributed by atoms with Crippen LogP contribution in [-0.2, 0) is 16.1 Å². The Hall–Kier alpha value is -1.11. The van der Waals surface area contributed by atoms with Crippen LogP contribution in [0.1, 0.15) is 30.6 Å². The molecule has 5 nitrogen and oxygen atoms in total. The molecule has 6 heteroatoms. The second kappa shape index (κ2) is 6.98. The van der Waals surface area contributed by atoms with Crippen molar-refractivity contribution in [1.82, 2.24) is 4.90 Å². The minimum Gasteiger partial charge on any atom is -0.391 e. The quantitative estimate of drug-likeness (QED) is 0.918. The van der Waals surface area contributed by atoms with Gasteiger partial charge >= 0.3 is 0 Å². The van der Waals surface area contributed by atoms with E-state index in [0.29, 0.717) is 32.7 Å². The predicted octanol–water partition coefficient (Wildman–Crippen LogP) is 1.85. The van der Waals surface area contributed by atoms with Crippen molar-refractivity contribution in [3.63, 3.8) is 0 Å². The van der Waals surface area contributed by atoms with Gasteiger partial charge in [0.25, 0.3) is 0 Å². The maximum absolute atomic E-state index is 12.4. The van der Waals surface area contributed by atoms with E-state index >= 15 is 0 Å². The minimum absolute atomic E-state index is 0.159. The van der Waals surface area contributed by atoms with Crippen molar-refractivity contribution in [2.45, 2.75) is 44.4 Å². The highest BCUT2D eigenvalue weighted by atomic mass is 32.1. The predicted molar refractivity (Wildman–Crippen MR) is 87.2 cm³/mol. The Kier molecular flexibility index (Phi) is 5.00. The molecule has 122 valence electrons. The molecule has 0 unspecified atom stereocenters. The fourth-order valence-electron chi connectivity index (χ4n) is 3.50. The van der Waals surface area contributed by atoms with E-state index in [9.17, 15) is 9.90 Å². The first-order valence-electron chi connectivity index (χ1n) is 7.98. The normalized spacial score (nSPS) is 26.0. The second-order valence-electron chi connectivity index (χ2n) is 6.05. The van der Waals surface area contributed by atoms with E-state index in [-0.39, 0.29) is 18.1 Å². The zero-order valence-corrected chi connectivity index (χ0v) is 13.8. The lowest BCUT2D eigenvalue weighted by Crippen LogP contribution is -2.45. The number of rotatable bonds is 4. The Morgan fingerprint density at radius 2 is 2.32 bits per heavy atom. The molecule has 0 bridgehead atoms. The van der Waals surface area contributed by atoms with Crippen LogP contribution in [0.15, 0.2) is 11.4 Å². The van der Waals surface area contributed by atoms with E-state index in [4.69, 9.17) is 4.74 Å². The number of thiophene rings is 1. The molecule has 0 radical (unpaired) electrons. The summed E-state index contributed by atoms with van der Waals surface area (Å²) in [6.45, 7) is 2.54. The largest absolute Gasteiger partial charge is 0.391 e. The molecule has 1 amide bonds. The van der Waals surface area contributed by atoms with E-state index < -0.39 is 0 Å². The third kappa shape index (κ3) is 3.14. The molecule has 1 aliphatic carbocycles. The summed E-state index contributed by atoms with van der Waals surface area (Å²) >= 11 is 1.69. The Morgan fingerprint density at radius 3 is 3.05 bits per heavy atom. The third-order valence-corrected chi connectivity index (χ3v) is 5.59. The molecule has 1 N–H and O–H groups in total. The SMILES string of the molecule is COCCN1Cc2sccc2N([C@@H]2CCC[C@H]2O)CCC1=O. The summed E-state index contributed by atoms with van der Waals surface area (Å²) in [7, 11) is 1.66. The molecule has 0 spiro atoms. The molecular formula is C16H24N2O3S. The molecule has 3 rings (SSSR count). The summed E-state index contributed by atoms with van der Waals surface area (Å²) in [5, 5.41) is 12.3. The van der Waals surface area contributed by atoms with Crippen molar-refractivity contribution < 1.29 is 14.6 Å². The van der Waals surface area contributed by atoms with Gasteiger partial charge in [0.15, 0.2) is 0 Å². The lowest BCUT2D eigenvalue weighted by atomic mass is 10.1. The molecule has 0 aromatic carbocycles. The topological polar surface area (TPSA) is 53.0 Å². The first-order valence-corrected chi connectivity index (χ1v) is 8.86. The average Bonchev–Trinajstić information content (AvgIpc) is 3.12. The van der Waals surface area contributed by atoms with Crippen LogP contribution in [0, 0.1) is 0 Å². The number of carbonyl (C=O) groups excluding carboxylic acids is 1. The Labute approximate surface area is 135 Å². The molecule has 22 heavy (non-hydrogen) atoms. The van der Waals surface area contributed by atoms with E-state index in [2.05, 4.69) is 16.3 Å². The number of amides is 1. The van der Waals surface area contributed by atoms with Crippen LogP contribution in [0.5, 0.6) is 0 Å². The van der Waals surface area contributed by atoms with E-state index in [1.807, 2.05) is 4.90 Å². The van der Waals surface area contributed by atoms with Gasteiger partial charge in [0.1, 0.15) is 0 Å². The number of anilines is 1. The van der Waals surface area contributed by atoms with Crippen LogP contribution in [0.3, 0.4) is 0 Å². The van der Waals surface area contributed by atoms with Crippen LogP contribution < -0.4 is 4.90 Å². The maximum Gasteiger partial charge on any atom is 0.224 e. The van der Waals surface area contributed by atoms with Crippen LogP contribution in [0.4, 0.5) is 5.69 Å². The van der Waals surface area contributed by atoms with Gasteiger partial charge < -0.3 is 19.6 Å². The van der Waals surface area contributed by atoms with Gasteiger partial charge in [0, 0.05) is 31.5 Å². The van der Waals surface area contributed by atoms with Gasteiger partial charge in [-0.05, 0) is 30.7 Å². The number of hydrogen-bond donors (Lipinski definition) is 1. The zero-order valence-electron chi connectivity index (χ0n) is 13.0. The van der Waals surface area contributed by atoms with Crippen LogP contribution in [0.25, 0.3) is 0 Å². The summed E-state index contributed by atoms with van der Waals surface area (Å²) < 4.78 is 5.12. The molecule has 1 aromatic rings. The lowest BCUT2D eigenvalue weighted by Gasteiger charge is -2.36. The fraction of sp³-hybridized carbons (Fsp3) is 0.688. The Morgan fingerprint density at radius 1 is 1.45 bits per heavy atom. The number of fused-ring (bicyclic) bond motifs is 1. The van der Waals surface area contributed by atoms with Crippen LogP contribution in [0.2, 0.25) is 0 Å². The number of methoxy groups -OCH3 is 1. The molecule has 2 atom stereocenters. The molecule has 2 aliphatic rings. The Bertz CT molecular complexity index is 519. The molecule has 1 fully saturated rings. The van der Waals surface area contributed by atoms with Crippen molar-refractivity contribution in [2.24, 2.45) is 0 Å². The number of ether oxygens (including phenoxy) is 1. The van der Waals surface area contributed by atoms with Crippen LogP contribution >= 0.6 is 11.3 Å². The first kappa shape index (κ1) is 15.8. The fourth-order valence-corrected chi connectivity index (χ4v) is 4.40. The number of aliphatic hydroxyl groups is 1. The monoisotopic (exact) mass is 324 g/mol.